The third kappa shape index (κ3) is 5.32. The van der Waals surface area contributed by atoms with E-state index in [9.17, 15) is 36.3 Å². The maximum Gasteiger partial charge on any atom is 0.338 e. The van der Waals surface area contributed by atoms with Gasteiger partial charge in [-0.05, 0) is 73.2 Å². The molecular formula is C30H24F3N3O5S2. The summed E-state index contributed by atoms with van der Waals surface area (Å²) in [5.74, 6) is -4.37. The van der Waals surface area contributed by atoms with Crippen molar-refractivity contribution in [3.63, 3.8) is 0 Å². The van der Waals surface area contributed by atoms with Gasteiger partial charge < -0.3 is 10.4 Å². The molecule has 13 heteroatoms. The number of benzene rings is 2. The van der Waals surface area contributed by atoms with E-state index < -0.39 is 45.4 Å². The number of halogens is 3. The molecule has 0 unspecified atom stereocenters. The molecule has 1 amide bonds. The van der Waals surface area contributed by atoms with Crippen molar-refractivity contribution in [2.24, 2.45) is 0 Å². The van der Waals surface area contributed by atoms with Crippen molar-refractivity contribution in [1.29, 1.82) is 0 Å². The molecule has 2 aromatic carbocycles. The van der Waals surface area contributed by atoms with Crippen molar-refractivity contribution in [2.75, 3.05) is 6.54 Å². The molecule has 2 aromatic heterocycles. The van der Waals surface area contributed by atoms with Crippen LogP contribution in [0.1, 0.15) is 61.4 Å². The monoisotopic (exact) mass is 627 g/mol. The molecule has 6 rings (SSSR count). The molecule has 0 bridgehead atoms. The van der Waals surface area contributed by atoms with Gasteiger partial charge in [0, 0.05) is 23.5 Å². The second kappa shape index (κ2) is 11.2. The van der Waals surface area contributed by atoms with Crippen LogP contribution in [-0.4, -0.2) is 41.2 Å². The van der Waals surface area contributed by atoms with Crippen LogP contribution < -0.4 is 5.32 Å². The molecule has 1 fully saturated rings. The molecule has 4 heterocycles. The van der Waals surface area contributed by atoms with Crippen LogP contribution in [0.25, 0.3) is 10.4 Å². The van der Waals surface area contributed by atoms with Gasteiger partial charge in [-0.2, -0.15) is 4.31 Å². The largest absolute Gasteiger partial charge is 0.478 e. The van der Waals surface area contributed by atoms with Crippen LogP contribution in [0.15, 0.2) is 59.5 Å². The third-order valence-electron chi connectivity index (χ3n) is 7.63. The lowest BCUT2D eigenvalue weighted by atomic mass is 9.97. The third-order valence-corrected chi connectivity index (χ3v) is 10.7. The lowest BCUT2D eigenvalue weighted by molar-refractivity contribution is 0.0695. The highest BCUT2D eigenvalue weighted by Crippen LogP contribution is 2.50. The molecule has 43 heavy (non-hydrogen) atoms. The van der Waals surface area contributed by atoms with Crippen molar-refractivity contribution < 1.29 is 36.3 Å². The van der Waals surface area contributed by atoms with Crippen molar-refractivity contribution in [1.82, 2.24) is 14.6 Å². The Hall–Kier alpha value is -4.07. The first-order valence-corrected chi connectivity index (χ1v) is 15.7. The number of sulfonamides is 1. The molecule has 222 valence electrons. The molecule has 0 saturated carbocycles. The fourth-order valence-electron chi connectivity index (χ4n) is 5.62. The molecule has 0 spiro atoms. The van der Waals surface area contributed by atoms with Gasteiger partial charge in [-0.1, -0.05) is 18.2 Å². The van der Waals surface area contributed by atoms with Gasteiger partial charge in [-0.25, -0.2) is 26.4 Å². The number of amides is 1. The summed E-state index contributed by atoms with van der Waals surface area (Å²) in [7, 11) is -4.07. The summed E-state index contributed by atoms with van der Waals surface area (Å²) in [5.41, 5.74) is 1.32. The van der Waals surface area contributed by atoms with E-state index in [0.29, 0.717) is 30.5 Å². The molecule has 2 N–H and O–H groups in total. The molecule has 2 aliphatic heterocycles. The molecule has 1 atom stereocenters. The Kier molecular flexibility index (Phi) is 7.57. The minimum atomic E-state index is -4.07. The van der Waals surface area contributed by atoms with Gasteiger partial charge in [-0.3, -0.25) is 9.78 Å². The van der Waals surface area contributed by atoms with Gasteiger partial charge in [0.25, 0.3) is 5.91 Å². The lowest BCUT2D eigenvalue weighted by Gasteiger charge is -2.15. The minimum absolute atomic E-state index is 0.00865. The zero-order chi connectivity index (χ0) is 30.5. The van der Waals surface area contributed by atoms with Crippen molar-refractivity contribution in [2.45, 2.75) is 43.2 Å². The molecule has 0 aliphatic carbocycles. The number of thiophene rings is 1. The number of carboxylic acid groups (broad SMARTS) is 1. The number of nitrogens with zero attached hydrogens (tertiary/aromatic N) is 2. The number of fused-ring (bicyclic) bond motifs is 3. The Labute approximate surface area is 248 Å². The summed E-state index contributed by atoms with van der Waals surface area (Å²) in [6, 6.07) is 11.5. The zero-order valence-electron chi connectivity index (χ0n) is 22.4. The quantitative estimate of drug-likeness (QED) is 0.267. The van der Waals surface area contributed by atoms with Gasteiger partial charge in [0.05, 0.1) is 27.9 Å². The second-order valence-corrected chi connectivity index (χ2v) is 13.2. The van der Waals surface area contributed by atoms with E-state index >= 15 is 0 Å². The molecule has 8 nitrogen and oxygen atoms in total. The zero-order valence-corrected chi connectivity index (χ0v) is 24.1. The highest BCUT2D eigenvalue weighted by Gasteiger charge is 2.49. The Balaban J connectivity index is 1.40. The van der Waals surface area contributed by atoms with Crippen LogP contribution in [0.4, 0.5) is 13.2 Å². The Bertz CT molecular complexity index is 1880. The number of hydrogen-bond donors (Lipinski definition) is 2. The van der Waals surface area contributed by atoms with Gasteiger partial charge in [0.15, 0.2) is 11.6 Å². The fourth-order valence-corrected chi connectivity index (χ4v) is 8.72. The molecule has 4 aromatic rings. The topological polar surface area (TPSA) is 117 Å². The number of hydrogen-bond acceptors (Lipinski definition) is 6. The number of rotatable bonds is 8. The maximum atomic E-state index is 13.7. The van der Waals surface area contributed by atoms with Gasteiger partial charge >= 0.3 is 5.97 Å². The summed E-state index contributed by atoms with van der Waals surface area (Å²) >= 11 is 0.924. The molecule has 2 aliphatic rings. The van der Waals surface area contributed by atoms with Crippen LogP contribution in [0.5, 0.6) is 0 Å². The number of nitrogens with one attached hydrogen (secondary N) is 1. The van der Waals surface area contributed by atoms with E-state index in [1.165, 1.54) is 34.6 Å². The summed E-state index contributed by atoms with van der Waals surface area (Å²) in [4.78, 5) is 30.6. The standard InChI is InChI=1S/C30H24F3N3O5S2/c31-18-7-3-16(4-8-18)6-10-21-25(30(38)39)26(28-27(35-21)22-2-1-13-36(22)43(28,40)41)23-11-12-24(42-23)29(37)34-15-17-5-9-19(32)20(33)14-17/h3-5,7-9,11-12,14,22H,1-2,6,10,13,15H2,(H,34,37)(H,38,39)/t22-/m0/s1. The Morgan fingerprint density at radius 2 is 1.74 bits per heavy atom. The van der Waals surface area contributed by atoms with E-state index in [0.717, 1.165) is 29.0 Å². The maximum absolute atomic E-state index is 13.7. The second-order valence-electron chi connectivity index (χ2n) is 10.3. The number of carboxylic acids is 1. The van der Waals surface area contributed by atoms with Gasteiger partial charge in [0.1, 0.15) is 10.7 Å². The van der Waals surface area contributed by atoms with Crippen molar-refractivity contribution in [3.05, 3.63) is 105 Å². The number of carbonyl (C=O) groups is 2. The Morgan fingerprint density at radius 3 is 2.47 bits per heavy atom. The first-order chi connectivity index (χ1) is 20.5. The van der Waals surface area contributed by atoms with Crippen LogP contribution in [0.3, 0.4) is 0 Å². The van der Waals surface area contributed by atoms with Crippen molar-refractivity contribution >= 4 is 33.2 Å². The lowest BCUT2D eigenvalue weighted by Crippen LogP contribution is -2.23. The highest BCUT2D eigenvalue weighted by atomic mass is 32.2. The summed E-state index contributed by atoms with van der Waals surface area (Å²) < 4.78 is 69.1. The minimum Gasteiger partial charge on any atom is -0.478 e. The summed E-state index contributed by atoms with van der Waals surface area (Å²) in [6.45, 7) is 0.199. The first kappa shape index (κ1) is 29.0. The number of carbonyl (C=O) groups excluding carboxylic acids is 1. The SMILES string of the molecule is O=C(NCc1ccc(F)c(F)c1)c1ccc(-c2c(C(=O)O)c(CCc3ccc(F)cc3)nc3c2S(=O)(=O)N2CCC[C@@H]32)s1. The Morgan fingerprint density at radius 1 is 1.00 bits per heavy atom. The van der Waals surface area contributed by atoms with E-state index in [-0.39, 0.29) is 51.0 Å². The number of aromatic nitrogens is 1. The van der Waals surface area contributed by atoms with Crippen LogP contribution in [-0.2, 0) is 29.4 Å². The molecule has 0 radical (unpaired) electrons. The number of pyridine rings is 1. The van der Waals surface area contributed by atoms with E-state index in [1.807, 2.05) is 0 Å². The predicted octanol–water partition coefficient (Wildman–Crippen LogP) is 5.48. The van der Waals surface area contributed by atoms with Crippen LogP contribution >= 0.6 is 11.3 Å². The van der Waals surface area contributed by atoms with Gasteiger partial charge in [0.2, 0.25) is 10.0 Å². The predicted molar refractivity (Wildman–Crippen MR) is 152 cm³/mol. The van der Waals surface area contributed by atoms with Crippen LogP contribution in [0, 0.1) is 17.5 Å². The molecule has 1 saturated heterocycles. The van der Waals surface area contributed by atoms with E-state index in [1.54, 1.807) is 12.1 Å². The summed E-state index contributed by atoms with van der Waals surface area (Å²) in [5, 5.41) is 13.0. The summed E-state index contributed by atoms with van der Waals surface area (Å²) in [6.07, 6.45) is 1.69. The number of aryl methyl sites for hydroxylation is 2. The number of aromatic carboxylic acids is 1. The van der Waals surface area contributed by atoms with E-state index in [2.05, 4.69) is 10.3 Å². The average molecular weight is 628 g/mol. The van der Waals surface area contributed by atoms with E-state index in [4.69, 9.17) is 0 Å². The average Bonchev–Trinajstić information content (AvgIpc) is 3.71. The van der Waals surface area contributed by atoms with Gasteiger partial charge in [-0.15, -0.1) is 11.3 Å². The van der Waals surface area contributed by atoms with Crippen molar-refractivity contribution in [3.8, 4) is 10.4 Å². The molecular weight excluding hydrogens is 603 g/mol. The highest BCUT2D eigenvalue weighted by molar-refractivity contribution is 7.89. The van der Waals surface area contributed by atoms with Crippen LogP contribution in [0.2, 0.25) is 0 Å². The smallest absolute Gasteiger partial charge is 0.338 e. The fraction of sp³-hybridized carbons (Fsp3) is 0.233. The first-order valence-electron chi connectivity index (χ1n) is 13.4. The normalized spacial score (nSPS) is 17.0.